The van der Waals surface area contributed by atoms with Gasteiger partial charge < -0.3 is 14.6 Å². The van der Waals surface area contributed by atoms with E-state index in [1.54, 1.807) is 23.3 Å². The fraction of sp³-hybridized carbons (Fsp3) is 0.300. The molecule has 140 valence electrons. The van der Waals surface area contributed by atoms with Gasteiger partial charge in [-0.05, 0) is 49.1 Å². The van der Waals surface area contributed by atoms with Gasteiger partial charge in [-0.1, -0.05) is 23.7 Å². The molecule has 0 radical (unpaired) electrons. The Labute approximate surface area is 162 Å². The Bertz CT molecular complexity index is 949. The van der Waals surface area contributed by atoms with Crippen LogP contribution >= 0.6 is 11.6 Å². The number of fused-ring (bicyclic) bond motifs is 1. The van der Waals surface area contributed by atoms with Gasteiger partial charge in [0, 0.05) is 12.7 Å². The van der Waals surface area contributed by atoms with Crippen molar-refractivity contribution in [2.75, 3.05) is 5.32 Å². The second-order valence-electron chi connectivity index (χ2n) is 6.69. The molecule has 0 fully saturated rings. The Morgan fingerprint density at radius 1 is 1.26 bits per heavy atom. The Balaban J connectivity index is 1.58. The zero-order chi connectivity index (χ0) is 18.8. The normalized spacial score (nSPS) is 12.8. The number of urea groups is 1. The molecule has 0 saturated carbocycles. The van der Waals surface area contributed by atoms with Crippen LogP contribution in [0.15, 0.2) is 47.1 Å². The summed E-state index contributed by atoms with van der Waals surface area (Å²) in [6.45, 7) is 0.773. The summed E-state index contributed by atoms with van der Waals surface area (Å²) in [6, 6.07) is 10.6. The van der Waals surface area contributed by atoms with E-state index in [0.717, 1.165) is 30.7 Å². The van der Waals surface area contributed by atoms with Crippen LogP contribution in [0.25, 0.3) is 0 Å². The molecule has 0 saturated heterocycles. The highest BCUT2D eigenvalue weighted by Crippen LogP contribution is 2.27. The maximum atomic E-state index is 13.0. The van der Waals surface area contributed by atoms with E-state index in [2.05, 4.69) is 10.4 Å². The van der Waals surface area contributed by atoms with Crippen LogP contribution in [0.4, 0.5) is 10.5 Å². The third-order valence-electron chi connectivity index (χ3n) is 4.87. The molecule has 0 bridgehead atoms. The number of carbonyl (C=O) groups excluding carboxylic acids is 1. The number of para-hydroxylation sites is 1. The van der Waals surface area contributed by atoms with Crippen molar-refractivity contribution in [2.24, 2.45) is 7.05 Å². The monoisotopic (exact) mass is 384 g/mol. The molecule has 0 aliphatic heterocycles. The van der Waals surface area contributed by atoms with E-state index in [1.807, 2.05) is 36.0 Å². The first-order valence-corrected chi connectivity index (χ1v) is 9.36. The number of aromatic nitrogens is 2. The van der Waals surface area contributed by atoms with E-state index in [9.17, 15) is 4.79 Å². The van der Waals surface area contributed by atoms with Gasteiger partial charge >= 0.3 is 6.03 Å². The first-order chi connectivity index (χ1) is 13.1. The molecule has 27 heavy (non-hydrogen) atoms. The highest BCUT2D eigenvalue weighted by Gasteiger charge is 2.25. The fourth-order valence-corrected chi connectivity index (χ4v) is 3.74. The molecular formula is C20H21ClN4O2. The van der Waals surface area contributed by atoms with Crippen LogP contribution in [-0.4, -0.2) is 20.7 Å². The number of nitrogens with one attached hydrogen (secondary N) is 1. The highest BCUT2D eigenvalue weighted by atomic mass is 35.5. The summed E-state index contributed by atoms with van der Waals surface area (Å²) in [5.41, 5.74) is 4.08. The number of amides is 2. The maximum Gasteiger partial charge on any atom is 0.322 e. The Morgan fingerprint density at radius 2 is 2.11 bits per heavy atom. The second kappa shape index (κ2) is 7.48. The van der Waals surface area contributed by atoms with Crippen molar-refractivity contribution in [1.29, 1.82) is 0 Å². The molecule has 2 amide bonds. The molecule has 1 aliphatic carbocycles. The van der Waals surface area contributed by atoms with Crippen LogP contribution in [0.3, 0.4) is 0 Å². The summed E-state index contributed by atoms with van der Waals surface area (Å²) in [6.07, 6.45) is 4.80. The van der Waals surface area contributed by atoms with E-state index in [1.165, 1.54) is 11.3 Å². The average Bonchev–Trinajstić information content (AvgIpc) is 3.37. The lowest BCUT2D eigenvalue weighted by molar-refractivity contribution is 0.200. The number of aryl methyl sites for hydroxylation is 1. The predicted octanol–water partition coefficient (Wildman–Crippen LogP) is 4.39. The number of carbonyl (C=O) groups is 1. The smallest absolute Gasteiger partial charge is 0.322 e. The van der Waals surface area contributed by atoms with Crippen molar-refractivity contribution < 1.29 is 9.21 Å². The molecule has 1 aliphatic rings. The summed E-state index contributed by atoms with van der Waals surface area (Å²) in [5, 5.41) is 8.05. The van der Waals surface area contributed by atoms with Gasteiger partial charge in [0.15, 0.2) is 0 Å². The lowest BCUT2D eigenvalue weighted by atomic mass is 10.2. The zero-order valence-corrected chi connectivity index (χ0v) is 15.9. The van der Waals surface area contributed by atoms with E-state index in [4.69, 9.17) is 16.0 Å². The lowest BCUT2D eigenvalue weighted by Crippen LogP contribution is -2.34. The Kier molecular flexibility index (Phi) is 4.90. The summed E-state index contributed by atoms with van der Waals surface area (Å²) in [5.74, 6) is 0.719. The molecule has 4 rings (SSSR count). The Hall–Kier alpha value is -2.73. The third kappa shape index (κ3) is 3.71. The summed E-state index contributed by atoms with van der Waals surface area (Å²) >= 11 is 6.19. The van der Waals surface area contributed by atoms with E-state index in [-0.39, 0.29) is 6.03 Å². The quantitative estimate of drug-likeness (QED) is 0.709. The number of anilines is 1. The summed E-state index contributed by atoms with van der Waals surface area (Å²) < 4.78 is 7.39. The second-order valence-corrected chi connectivity index (χ2v) is 7.10. The molecule has 7 heteroatoms. The van der Waals surface area contributed by atoms with Crippen molar-refractivity contribution >= 4 is 23.3 Å². The van der Waals surface area contributed by atoms with Crippen molar-refractivity contribution in [2.45, 2.75) is 32.4 Å². The van der Waals surface area contributed by atoms with Gasteiger partial charge in [-0.15, -0.1) is 0 Å². The third-order valence-corrected chi connectivity index (χ3v) is 5.20. The van der Waals surface area contributed by atoms with Gasteiger partial charge in [-0.25, -0.2) is 4.79 Å². The molecule has 1 N–H and O–H groups in total. The lowest BCUT2D eigenvalue weighted by Gasteiger charge is -2.22. The first-order valence-electron chi connectivity index (χ1n) is 8.98. The van der Waals surface area contributed by atoms with Crippen molar-refractivity contribution in [3.8, 4) is 0 Å². The Morgan fingerprint density at radius 3 is 2.89 bits per heavy atom. The molecule has 0 atom stereocenters. The van der Waals surface area contributed by atoms with Crippen molar-refractivity contribution in [3.63, 3.8) is 0 Å². The number of halogens is 1. The SMILES string of the molecule is Cn1nc(CN(Cc2ccco2)C(=O)Nc2ccccc2Cl)c2c1CCC2. The predicted molar refractivity (Wildman–Crippen MR) is 104 cm³/mol. The van der Waals surface area contributed by atoms with Gasteiger partial charge in [0.1, 0.15) is 5.76 Å². The summed E-state index contributed by atoms with van der Waals surface area (Å²) in [4.78, 5) is 14.7. The van der Waals surface area contributed by atoms with Gasteiger partial charge in [0.2, 0.25) is 0 Å². The molecule has 2 heterocycles. The van der Waals surface area contributed by atoms with Crippen LogP contribution < -0.4 is 5.32 Å². The maximum absolute atomic E-state index is 13.0. The van der Waals surface area contributed by atoms with Gasteiger partial charge in [0.05, 0.1) is 35.8 Å². The standard InChI is InChI=1S/C20H21ClN4O2/c1-24-19-10-4-7-15(19)18(23-24)13-25(12-14-6-5-11-27-14)20(26)22-17-9-3-2-8-16(17)21/h2-3,5-6,8-9,11H,4,7,10,12-13H2,1H3,(H,22,26). The number of hydrogen-bond donors (Lipinski definition) is 1. The fourth-order valence-electron chi connectivity index (χ4n) is 3.55. The molecule has 1 aromatic carbocycles. The highest BCUT2D eigenvalue weighted by molar-refractivity contribution is 6.33. The molecule has 2 aromatic heterocycles. The van der Waals surface area contributed by atoms with Crippen molar-refractivity contribution in [3.05, 3.63) is 70.4 Å². The molecule has 0 spiro atoms. The van der Waals surface area contributed by atoms with Crippen LogP contribution in [0, 0.1) is 0 Å². The average molecular weight is 385 g/mol. The number of benzene rings is 1. The number of hydrogen-bond acceptors (Lipinski definition) is 3. The summed E-state index contributed by atoms with van der Waals surface area (Å²) in [7, 11) is 1.97. The van der Waals surface area contributed by atoms with E-state index >= 15 is 0 Å². The molecule has 3 aromatic rings. The number of nitrogens with zero attached hydrogens (tertiary/aromatic N) is 3. The van der Waals surface area contributed by atoms with E-state index in [0.29, 0.717) is 23.8 Å². The zero-order valence-electron chi connectivity index (χ0n) is 15.1. The minimum Gasteiger partial charge on any atom is -0.467 e. The number of furan rings is 1. The van der Waals surface area contributed by atoms with Crippen molar-refractivity contribution in [1.82, 2.24) is 14.7 Å². The molecular weight excluding hydrogens is 364 g/mol. The van der Waals surface area contributed by atoms with Gasteiger partial charge in [-0.3, -0.25) is 4.68 Å². The minimum atomic E-state index is -0.239. The van der Waals surface area contributed by atoms with E-state index < -0.39 is 0 Å². The molecule has 6 nitrogen and oxygen atoms in total. The first kappa shape index (κ1) is 17.7. The van der Waals surface area contributed by atoms with Crippen LogP contribution in [0.5, 0.6) is 0 Å². The van der Waals surface area contributed by atoms with Crippen LogP contribution in [0.2, 0.25) is 5.02 Å². The van der Waals surface area contributed by atoms with Crippen LogP contribution in [-0.2, 0) is 33.0 Å². The van der Waals surface area contributed by atoms with Gasteiger partial charge in [0.25, 0.3) is 0 Å². The minimum absolute atomic E-state index is 0.239. The topological polar surface area (TPSA) is 63.3 Å². The largest absolute Gasteiger partial charge is 0.467 e. The molecule has 0 unspecified atom stereocenters. The van der Waals surface area contributed by atoms with Gasteiger partial charge in [-0.2, -0.15) is 5.10 Å². The number of rotatable bonds is 5. The van der Waals surface area contributed by atoms with Crippen LogP contribution in [0.1, 0.15) is 29.1 Å².